The van der Waals surface area contributed by atoms with Gasteiger partial charge in [0.1, 0.15) is 0 Å². The number of carbonyl (C=O) groups is 1. The van der Waals surface area contributed by atoms with Crippen molar-refractivity contribution in [2.24, 2.45) is 0 Å². The maximum absolute atomic E-state index is 13.7. The number of halogens is 6. The Morgan fingerprint density at radius 1 is 1.02 bits per heavy atom. The predicted molar refractivity (Wildman–Crippen MR) is 147 cm³/mol. The summed E-state index contributed by atoms with van der Waals surface area (Å²) in [5.74, 6) is -0.0425. The number of carbonyl (C=O) groups excluding carboxylic acids is 1. The number of rotatable bonds is 7. The molecule has 44 heavy (non-hydrogen) atoms. The van der Waals surface area contributed by atoms with Crippen molar-refractivity contribution in [3.63, 3.8) is 0 Å². The number of hydrogen-bond acceptors (Lipinski definition) is 7. The quantitative estimate of drug-likeness (QED) is 0.318. The molecule has 0 bridgehead atoms. The van der Waals surface area contributed by atoms with Gasteiger partial charge in [-0.05, 0) is 97.7 Å². The molecule has 0 spiro atoms. The molecule has 3 aromatic rings. The van der Waals surface area contributed by atoms with Crippen molar-refractivity contribution >= 4 is 17.7 Å². The summed E-state index contributed by atoms with van der Waals surface area (Å²) in [6.45, 7) is 2.99. The van der Waals surface area contributed by atoms with E-state index in [2.05, 4.69) is 15.4 Å². The van der Waals surface area contributed by atoms with Crippen LogP contribution < -0.4 is 9.80 Å². The number of hydrogen-bond donors (Lipinski definition) is 1. The summed E-state index contributed by atoms with van der Waals surface area (Å²) in [5, 5.41) is 21.6. The highest BCUT2D eigenvalue weighted by molar-refractivity contribution is 5.89. The standard InChI is InChI=1S/C29H32F6N6O3/c1-17(2)44-27(43)39-8-4-7-24(23-13-19-5-3-6-20(19)14-25(23)39)40(26-36-38-41(37-26)9-10-42)16-18-11-21(28(30,31)32)15-22(12-18)29(33,34)35/h11-15,17,24,42H,3-10,16H2,1-2H3. The molecule has 1 aliphatic carbocycles. The zero-order valence-electron chi connectivity index (χ0n) is 24.1. The molecule has 5 rings (SSSR count). The summed E-state index contributed by atoms with van der Waals surface area (Å²) in [6, 6.07) is 4.70. The number of benzene rings is 2. The van der Waals surface area contributed by atoms with Crippen LogP contribution in [0.25, 0.3) is 0 Å². The lowest BCUT2D eigenvalue weighted by molar-refractivity contribution is -0.143. The highest BCUT2D eigenvalue weighted by Crippen LogP contribution is 2.43. The second-order valence-corrected chi connectivity index (χ2v) is 11.2. The second-order valence-electron chi connectivity index (χ2n) is 11.2. The highest BCUT2D eigenvalue weighted by Gasteiger charge is 2.38. The van der Waals surface area contributed by atoms with E-state index in [1.807, 2.05) is 12.1 Å². The fourth-order valence-electron chi connectivity index (χ4n) is 5.79. The minimum atomic E-state index is -5.02. The van der Waals surface area contributed by atoms with Crippen molar-refractivity contribution in [1.82, 2.24) is 20.2 Å². The highest BCUT2D eigenvalue weighted by atomic mass is 19.4. The van der Waals surface area contributed by atoms with Crippen molar-refractivity contribution in [3.8, 4) is 0 Å². The molecule has 0 saturated carbocycles. The Morgan fingerprint density at radius 2 is 1.68 bits per heavy atom. The minimum Gasteiger partial charge on any atom is -0.446 e. The number of alkyl halides is 6. The van der Waals surface area contributed by atoms with Gasteiger partial charge in [0.05, 0.1) is 42.1 Å². The molecule has 2 aliphatic rings. The van der Waals surface area contributed by atoms with E-state index in [9.17, 15) is 36.2 Å². The van der Waals surface area contributed by atoms with E-state index >= 15 is 0 Å². The fraction of sp³-hybridized carbons (Fsp3) is 0.517. The predicted octanol–water partition coefficient (Wildman–Crippen LogP) is 6.08. The van der Waals surface area contributed by atoms with Gasteiger partial charge in [0.15, 0.2) is 0 Å². The van der Waals surface area contributed by atoms with E-state index in [0.29, 0.717) is 36.2 Å². The Kier molecular flexibility index (Phi) is 8.78. The molecule has 1 aromatic heterocycles. The Labute approximate surface area is 249 Å². The van der Waals surface area contributed by atoms with E-state index in [0.717, 1.165) is 35.2 Å². The lowest BCUT2D eigenvalue weighted by Crippen LogP contribution is -2.34. The summed E-state index contributed by atoms with van der Waals surface area (Å²) in [7, 11) is 0. The van der Waals surface area contributed by atoms with Crippen LogP contribution >= 0.6 is 0 Å². The number of aliphatic hydroxyl groups excluding tert-OH is 1. The molecule has 1 amide bonds. The first-order chi connectivity index (χ1) is 20.7. The number of amides is 1. The van der Waals surface area contributed by atoms with E-state index in [-0.39, 0.29) is 43.4 Å². The molecule has 1 atom stereocenters. The molecule has 1 N–H and O–H groups in total. The number of anilines is 2. The number of tetrazole rings is 1. The molecule has 2 heterocycles. The topological polar surface area (TPSA) is 96.6 Å². The molecule has 0 radical (unpaired) electrons. The summed E-state index contributed by atoms with van der Waals surface area (Å²) in [6.07, 6.45) is -7.65. The van der Waals surface area contributed by atoms with Gasteiger partial charge in [0.2, 0.25) is 0 Å². The van der Waals surface area contributed by atoms with Crippen molar-refractivity contribution in [1.29, 1.82) is 0 Å². The van der Waals surface area contributed by atoms with Gasteiger partial charge >= 0.3 is 18.4 Å². The zero-order chi connectivity index (χ0) is 31.8. The van der Waals surface area contributed by atoms with Crippen LogP contribution in [0.15, 0.2) is 30.3 Å². The maximum atomic E-state index is 13.7. The van der Waals surface area contributed by atoms with Gasteiger partial charge in [0, 0.05) is 13.1 Å². The monoisotopic (exact) mass is 626 g/mol. The molecule has 15 heteroatoms. The summed E-state index contributed by atoms with van der Waals surface area (Å²) in [5.41, 5.74) is 0.230. The van der Waals surface area contributed by atoms with Gasteiger partial charge in [-0.25, -0.2) is 4.79 Å². The van der Waals surface area contributed by atoms with Gasteiger partial charge in [-0.2, -0.15) is 31.1 Å². The number of nitrogens with zero attached hydrogens (tertiary/aromatic N) is 6. The average molecular weight is 627 g/mol. The first-order valence-corrected chi connectivity index (χ1v) is 14.3. The summed E-state index contributed by atoms with van der Waals surface area (Å²) in [4.78, 5) is 17.4. The van der Waals surface area contributed by atoms with Gasteiger partial charge in [-0.1, -0.05) is 11.2 Å². The molecule has 9 nitrogen and oxygen atoms in total. The molecule has 0 saturated heterocycles. The van der Waals surface area contributed by atoms with Crippen LogP contribution in [0.4, 0.5) is 42.8 Å². The third-order valence-electron chi connectivity index (χ3n) is 7.68. The summed E-state index contributed by atoms with van der Waals surface area (Å²) >= 11 is 0. The van der Waals surface area contributed by atoms with Crippen LogP contribution in [0.3, 0.4) is 0 Å². The van der Waals surface area contributed by atoms with E-state index in [4.69, 9.17) is 4.74 Å². The maximum Gasteiger partial charge on any atom is 0.416 e. The smallest absolute Gasteiger partial charge is 0.416 e. The average Bonchev–Trinajstić information content (AvgIpc) is 3.55. The van der Waals surface area contributed by atoms with Gasteiger partial charge < -0.3 is 14.7 Å². The number of aryl methyl sites for hydroxylation is 2. The first-order valence-electron chi connectivity index (χ1n) is 14.3. The first kappa shape index (κ1) is 31.5. The van der Waals surface area contributed by atoms with Crippen LogP contribution in [0.1, 0.15) is 72.5 Å². The number of ether oxygens (including phenoxy) is 1. The molecule has 0 fully saturated rings. The molecular formula is C29H32F6N6O3. The fourth-order valence-corrected chi connectivity index (χ4v) is 5.79. The largest absolute Gasteiger partial charge is 0.446 e. The van der Waals surface area contributed by atoms with Crippen molar-refractivity contribution in [2.75, 3.05) is 23.0 Å². The van der Waals surface area contributed by atoms with Crippen LogP contribution in [-0.4, -0.2) is 50.7 Å². The summed E-state index contributed by atoms with van der Waals surface area (Å²) < 4.78 is 87.9. The van der Waals surface area contributed by atoms with E-state index < -0.39 is 42.2 Å². The van der Waals surface area contributed by atoms with Gasteiger partial charge in [0.25, 0.3) is 5.95 Å². The van der Waals surface area contributed by atoms with Crippen molar-refractivity contribution in [3.05, 3.63) is 63.7 Å². The minimum absolute atomic E-state index is 0.0216. The van der Waals surface area contributed by atoms with Crippen LogP contribution in [-0.2, 0) is 43.0 Å². The molecule has 1 aliphatic heterocycles. The van der Waals surface area contributed by atoms with Crippen LogP contribution in [0.2, 0.25) is 0 Å². The zero-order valence-corrected chi connectivity index (χ0v) is 24.1. The second kappa shape index (κ2) is 12.3. The molecule has 1 unspecified atom stereocenters. The third-order valence-corrected chi connectivity index (χ3v) is 7.68. The Morgan fingerprint density at radius 3 is 2.30 bits per heavy atom. The van der Waals surface area contributed by atoms with Gasteiger partial charge in [-0.15, -0.1) is 5.10 Å². The molecular weight excluding hydrogens is 594 g/mol. The van der Waals surface area contributed by atoms with Crippen LogP contribution in [0, 0.1) is 0 Å². The SMILES string of the molecule is CC(C)OC(=O)N1CCCC(N(Cc2cc(C(F)(F)F)cc(C(F)(F)F)c2)c2nnn(CCO)n2)c2cc3c(cc21)CCC3. The molecule has 238 valence electrons. The Hall–Kier alpha value is -3.88. The number of fused-ring (bicyclic) bond motifs is 2. The van der Waals surface area contributed by atoms with Crippen molar-refractivity contribution in [2.45, 2.75) is 83.5 Å². The normalized spacial score (nSPS) is 17.0. The lowest BCUT2D eigenvalue weighted by atomic mass is 9.95. The third kappa shape index (κ3) is 6.76. The van der Waals surface area contributed by atoms with Crippen molar-refractivity contribution < 1.29 is 41.0 Å². The number of aliphatic hydroxyl groups is 1. The number of aromatic nitrogens is 4. The lowest BCUT2D eigenvalue weighted by Gasteiger charge is -2.32. The Bertz CT molecular complexity index is 1470. The molecule has 2 aromatic carbocycles. The van der Waals surface area contributed by atoms with E-state index in [1.165, 1.54) is 9.80 Å². The van der Waals surface area contributed by atoms with E-state index in [1.54, 1.807) is 13.8 Å². The van der Waals surface area contributed by atoms with Gasteiger partial charge in [-0.3, -0.25) is 4.90 Å². The van der Waals surface area contributed by atoms with Crippen LogP contribution in [0.5, 0.6) is 0 Å². The Balaban J connectivity index is 1.65.